The standard InChI is InChI=1S/C10H13F13O2Si2/c1-2-3-4-7(11,12)8(13,14)5-6-9(15,10(16,17)18)24-27(22,23)25-26(19,20)21/h2-6H2,1H3. The van der Waals surface area contributed by atoms with E-state index in [1.54, 1.807) is 0 Å². The van der Waals surface area contributed by atoms with Crippen LogP contribution in [0.3, 0.4) is 0 Å². The van der Waals surface area contributed by atoms with Gasteiger partial charge in [0.15, 0.2) is 0 Å². The molecular formula is C10H13F13O2Si2. The third-order valence-electron chi connectivity index (χ3n) is 3.08. The predicted octanol–water partition coefficient (Wildman–Crippen LogP) is 6.21. The van der Waals surface area contributed by atoms with Gasteiger partial charge in [-0.1, -0.05) is 13.3 Å². The molecular weight excluding hydrogens is 455 g/mol. The quantitative estimate of drug-likeness (QED) is 0.204. The summed E-state index contributed by atoms with van der Waals surface area (Å²) in [5, 5.41) is 0. The molecule has 164 valence electrons. The normalized spacial score (nSPS) is 17.1. The maximum absolute atomic E-state index is 13.7. The second-order valence-corrected chi connectivity index (χ2v) is 8.19. The van der Waals surface area contributed by atoms with Crippen LogP contribution < -0.4 is 0 Å². The molecule has 0 aliphatic heterocycles. The molecule has 0 rings (SSSR count). The fourth-order valence-corrected chi connectivity index (χ4v) is 3.52. The Balaban J connectivity index is 5.44. The van der Waals surface area contributed by atoms with Crippen LogP contribution in [0.1, 0.15) is 39.0 Å². The van der Waals surface area contributed by atoms with Crippen molar-refractivity contribution in [2.45, 2.75) is 62.9 Å². The molecule has 17 heteroatoms. The fourth-order valence-electron chi connectivity index (χ4n) is 1.68. The summed E-state index contributed by atoms with van der Waals surface area (Å²) < 4.78 is 171. The van der Waals surface area contributed by atoms with E-state index in [4.69, 9.17) is 0 Å². The third-order valence-corrected chi connectivity index (χ3v) is 5.52. The molecule has 0 aromatic heterocycles. The third kappa shape index (κ3) is 8.14. The minimum Gasteiger partial charge on any atom is -0.310 e. The second kappa shape index (κ2) is 8.44. The number of hydrogen-bond donors (Lipinski definition) is 0. The van der Waals surface area contributed by atoms with Crippen LogP contribution >= 0.6 is 0 Å². The lowest BCUT2D eigenvalue weighted by Gasteiger charge is -2.33. The summed E-state index contributed by atoms with van der Waals surface area (Å²) in [7, 11) is -15.5. The van der Waals surface area contributed by atoms with Gasteiger partial charge in [-0.05, 0) is 6.42 Å². The zero-order chi connectivity index (χ0) is 21.9. The van der Waals surface area contributed by atoms with Crippen molar-refractivity contribution < 1.29 is 64.2 Å². The first-order valence-corrected chi connectivity index (χ1v) is 10.2. The molecule has 27 heavy (non-hydrogen) atoms. The van der Waals surface area contributed by atoms with Crippen LogP contribution in [-0.2, 0) is 8.54 Å². The van der Waals surface area contributed by atoms with Crippen molar-refractivity contribution in [2.75, 3.05) is 0 Å². The van der Waals surface area contributed by atoms with Crippen LogP contribution in [0.5, 0.6) is 0 Å². The van der Waals surface area contributed by atoms with Crippen LogP contribution in [0, 0.1) is 0 Å². The molecule has 0 aromatic carbocycles. The van der Waals surface area contributed by atoms with Crippen LogP contribution in [0.4, 0.5) is 55.7 Å². The van der Waals surface area contributed by atoms with Gasteiger partial charge in [0, 0.05) is 19.3 Å². The minimum atomic E-state index is -7.84. The molecule has 0 aliphatic carbocycles. The van der Waals surface area contributed by atoms with E-state index < -0.39 is 68.1 Å². The Morgan fingerprint density at radius 2 is 1.15 bits per heavy atom. The fraction of sp³-hybridized carbons (Fsp3) is 1.00. The number of halogens is 13. The Morgan fingerprint density at radius 3 is 1.52 bits per heavy atom. The van der Waals surface area contributed by atoms with E-state index in [0.717, 1.165) is 0 Å². The van der Waals surface area contributed by atoms with Gasteiger partial charge in [-0.3, -0.25) is 0 Å². The molecule has 0 spiro atoms. The molecule has 0 bridgehead atoms. The first-order chi connectivity index (χ1) is 11.7. The topological polar surface area (TPSA) is 18.5 Å². The van der Waals surface area contributed by atoms with Crippen LogP contribution in [0.25, 0.3) is 0 Å². The molecule has 2 nitrogen and oxygen atoms in total. The molecule has 0 fully saturated rings. The van der Waals surface area contributed by atoms with Crippen molar-refractivity contribution in [1.82, 2.24) is 0 Å². The van der Waals surface area contributed by atoms with Crippen molar-refractivity contribution >= 4 is 18.5 Å². The molecule has 0 N–H and O–H groups in total. The number of hydrogen-bond acceptors (Lipinski definition) is 2. The highest BCUT2D eigenvalue weighted by molar-refractivity contribution is 6.66. The van der Waals surface area contributed by atoms with Crippen molar-refractivity contribution in [3.05, 3.63) is 0 Å². The van der Waals surface area contributed by atoms with Gasteiger partial charge in [0.2, 0.25) is 0 Å². The number of rotatable bonds is 11. The van der Waals surface area contributed by atoms with E-state index in [9.17, 15) is 55.7 Å². The van der Waals surface area contributed by atoms with E-state index in [1.165, 1.54) is 6.92 Å². The summed E-state index contributed by atoms with van der Waals surface area (Å²) >= 11 is 0. The monoisotopic (exact) mass is 468 g/mol. The van der Waals surface area contributed by atoms with Gasteiger partial charge in [0.25, 0.3) is 0 Å². The Bertz CT molecular complexity index is 479. The molecule has 0 aromatic rings. The van der Waals surface area contributed by atoms with Crippen molar-refractivity contribution in [2.24, 2.45) is 0 Å². The van der Waals surface area contributed by atoms with Gasteiger partial charge >= 0.3 is 42.4 Å². The summed E-state index contributed by atoms with van der Waals surface area (Å²) in [6.07, 6.45) is -13.9. The minimum absolute atomic E-state index is 0.000866. The largest absolute Gasteiger partial charge is 0.797 e. The highest BCUT2D eigenvalue weighted by Crippen LogP contribution is 2.47. The molecule has 1 atom stereocenters. The first-order valence-electron chi connectivity index (χ1n) is 7.04. The molecule has 1 unspecified atom stereocenters. The number of alkyl halides is 8. The molecule has 0 amide bonds. The van der Waals surface area contributed by atoms with Gasteiger partial charge in [-0.25, -0.2) is 24.9 Å². The summed E-state index contributed by atoms with van der Waals surface area (Å²) in [6, 6.07) is 0. The van der Waals surface area contributed by atoms with Gasteiger partial charge in [-0.15, -0.1) is 0 Å². The van der Waals surface area contributed by atoms with Gasteiger partial charge in [0.05, 0.1) is 0 Å². The Hall–Kier alpha value is -0.556. The van der Waals surface area contributed by atoms with Gasteiger partial charge < -0.3 is 8.54 Å². The van der Waals surface area contributed by atoms with Crippen LogP contribution in [0.2, 0.25) is 0 Å². The van der Waals surface area contributed by atoms with Gasteiger partial charge in [0.1, 0.15) is 0 Å². The van der Waals surface area contributed by atoms with E-state index in [1.807, 2.05) is 0 Å². The summed E-state index contributed by atoms with van der Waals surface area (Å²) in [5.74, 6) is -15.9. The molecule has 0 radical (unpaired) electrons. The highest BCUT2D eigenvalue weighted by atomic mass is 28.5. The summed E-state index contributed by atoms with van der Waals surface area (Å²) in [5.41, 5.74) is 0. The molecule has 0 heterocycles. The van der Waals surface area contributed by atoms with Crippen LogP contribution in [0.15, 0.2) is 0 Å². The Morgan fingerprint density at radius 1 is 0.704 bits per heavy atom. The Kier molecular flexibility index (Phi) is 8.27. The summed E-state index contributed by atoms with van der Waals surface area (Å²) in [6.45, 7) is 1.33. The second-order valence-electron chi connectivity index (χ2n) is 5.35. The Labute approximate surface area is 146 Å². The smallest absolute Gasteiger partial charge is 0.310 e. The average Bonchev–Trinajstić information content (AvgIpc) is 2.38. The SMILES string of the molecule is CCCCC(F)(F)C(F)(F)CCC(F)(O[Si](F)(F)O[Si](F)(F)F)C(F)(F)F. The average molecular weight is 468 g/mol. The van der Waals surface area contributed by atoms with Crippen molar-refractivity contribution in [1.29, 1.82) is 0 Å². The maximum Gasteiger partial charge on any atom is 0.797 e. The molecule has 0 saturated carbocycles. The number of unbranched alkanes of at least 4 members (excludes halogenated alkanes) is 1. The highest BCUT2D eigenvalue weighted by Gasteiger charge is 2.69. The van der Waals surface area contributed by atoms with E-state index in [2.05, 4.69) is 8.54 Å². The summed E-state index contributed by atoms with van der Waals surface area (Å²) in [4.78, 5) is 0. The lowest BCUT2D eigenvalue weighted by molar-refractivity contribution is -0.324. The zero-order valence-corrected chi connectivity index (χ0v) is 15.3. The lowest BCUT2D eigenvalue weighted by atomic mass is 9.98. The maximum atomic E-state index is 13.7. The van der Waals surface area contributed by atoms with E-state index in [-0.39, 0.29) is 6.42 Å². The van der Waals surface area contributed by atoms with Crippen LogP contribution in [-0.4, -0.2) is 42.4 Å². The zero-order valence-electron chi connectivity index (χ0n) is 13.3. The lowest BCUT2D eigenvalue weighted by Crippen LogP contribution is -2.54. The molecule has 0 aliphatic rings. The van der Waals surface area contributed by atoms with Crippen molar-refractivity contribution in [3.63, 3.8) is 0 Å². The molecule has 0 saturated heterocycles. The van der Waals surface area contributed by atoms with Gasteiger partial charge in [-0.2, -0.15) is 30.7 Å². The van der Waals surface area contributed by atoms with E-state index in [0.29, 0.717) is 0 Å². The van der Waals surface area contributed by atoms with E-state index >= 15 is 0 Å². The first kappa shape index (κ1) is 26.4. The predicted molar refractivity (Wildman–Crippen MR) is 67.8 cm³/mol. The van der Waals surface area contributed by atoms with Crippen molar-refractivity contribution in [3.8, 4) is 0 Å².